The van der Waals surface area contributed by atoms with Gasteiger partial charge >= 0.3 is 0 Å². The van der Waals surface area contributed by atoms with Crippen LogP contribution in [-0.4, -0.2) is 16.5 Å². The first-order valence-electron chi connectivity index (χ1n) is 7.60. The smallest absolute Gasteiger partial charge is 0.268 e. The van der Waals surface area contributed by atoms with Crippen molar-refractivity contribution in [2.24, 2.45) is 0 Å². The number of fused-ring (bicyclic) bond motifs is 1. The van der Waals surface area contributed by atoms with Crippen molar-refractivity contribution < 1.29 is 4.79 Å². The third-order valence-electron chi connectivity index (χ3n) is 4.37. The minimum atomic E-state index is 0.0784. The Bertz CT molecular complexity index is 607. The highest BCUT2D eigenvalue weighted by atomic mass is 32.1. The number of carbonyl (C=O) groups excluding carboxylic acids is 1. The summed E-state index contributed by atoms with van der Waals surface area (Å²) in [5.41, 5.74) is 2.08. The van der Waals surface area contributed by atoms with Gasteiger partial charge in [0.05, 0.1) is 10.2 Å². The molecule has 2 aromatic heterocycles. The fourth-order valence-corrected chi connectivity index (χ4v) is 3.89. The van der Waals surface area contributed by atoms with E-state index in [1.54, 1.807) is 11.3 Å². The van der Waals surface area contributed by atoms with Gasteiger partial charge in [0.1, 0.15) is 5.69 Å². The third kappa shape index (κ3) is 2.37. The molecule has 1 aliphatic carbocycles. The first-order valence-corrected chi connectivity index (χ1v) is 8.48. The maximum absolute atomic E-state index is 12.5. The van der Waals surface area contributed by atoms with Crippen LogP contribution in [0.4, 0.5) is 0 Å². The Hall–Kier alpha value is -1.29. The summed E-state index contributed by atoms with van der Waals surface area (Å²) in [6.07, 6.45) is 5.92. The molecule has 0 spiro atoms. The van der Waals surface area contributed by atoms with E-state index < -0.39 is 0 Å². The van der Waals surface area contributed by atoms with E-state index in [1.807, 2.05) is 0 Å². The maximum Gasteiger partial charge on any atom is 0.268 e. The number of carbonyl (C=O) groups is 1. The lowest BCUT2D eigenvalue weighted by Gasteiger charge is -2.18. The molecule has 0 aliphatic heterocycles. The van der Waals surface area contributed by atoms with Gasteiger partial charge in [0, 0.05) is 12.1 Å². The highest BCUT2D eigenvalue weighted by Crippen LogP contribution is 2.36. The second-order valence-corrected chi connectivity index (χ2v) is 6.74. The van der Waals surface area contributed by atoms with Crippen molar-refractivity contribution in [2.45, 2.75) is 58.0 Å². The number of hydrogen-bond acceptors (Lipinski definition) is 2. The Labute approximate surface area is 124 Å². The number of nitrogens with zero attached hydrogens (tertiary/aromatic N) is 1. The highest BCUT2D eigenvalue weighted by Gasteiger charge is 2.25. The van der Waals surface area contributed by atoms with Crippen LogP contribution in [0.5, 0.6) is 0 Å². The Morgan fingerprint density at radius 2 is 2.25 bits per heavy atom. The van der Waals surface area contributed by atoms with Crippen molar-refractivity contribution in [1.82, 2.24) is 9.88 Å². The largest absolute Gasteiger partial charge is 0.348 e. The molecule has 1 fully saturated rings. The van der Waals surface area contributed by atoms with E-state index in [4.69, 9.17) is 0 Å². The zero-order valence-corrected chi connectivity index (χ0v) is 13.0. The van der Waals surface area contributed by atoms with E-state index in [9.17, 15) is 4.79 Å². The summed E-state index contributed by atoms with van der Waals surface area (Å²) in [5.74, 6) is 0.0784. The number of thiophene rings is 1. The van der Waals surface area contributed by atoms with Crippen molar-refractivity contribution in [3.8, 4) is 0 Å². The van der Waals surface area contributed by atoms with Crippen LogP contribution in [0.25, 0.3) is 10.2 Å². The number of hydrogen-bond donors (Lipinski definition) is 1. The van der Waals surface area contributed by atoms with Crippen molar-refractivity contribution in [1.29, 1.82) is 0 Å². The van der Waals surface area contributed by atoms with Crippen molar-refractivity contribution in [3.05, 3.63) is 23.2 Å². The van der Waals surface area contributed by atoms with Gasteiger partial charge in [-0.25, -0.2) is 0 Å². The molecule has 0 saturated heterocycles. The molecular formula is C16H22N2OS. The van der Waals surface area contributed by atoms with Gasteiger partial charge in [-0.2, -0.15) is 0 Å². The topological polar surface area (TPSA) is 34.0 Å². The monoisotopic (exact) mass is 290 g/mol. The van der Waals surface area contributed by atoms with E-state index in [-0.39, 0.29) is 11.9 Å². The molecular weight excluding hydrogens is 268 g/mol. The third-order valence-corrected chi connectivity index (χ3v) is 5.23. The number of rotatable bonds is 4. The predicted molar refractivity (Wildman–Crippen MR) is 84.5 cm³/mol. The van der Waals surface area contributed by atoms with E-state index >= 15 is 0 Å². The second kappa shape index (κ2) is 5.60. The zero-order chi connectivity index (χ0) is 14.1. The Morgan fingerprint density at radius 3 is 2.95 bits per heavy atom. The number of amides is 1. The van der Waals surface area contributed by atoms with Crippen molar-refractivity contribution in [3.63, 3.8) is 0 Å². The van der Waals surface area contributed by atoms with Gasteiger partial charge in [-0.1, -0.05) is 19.8 Å². The van der Waals surface area contributed by atoms with Gasteiger partial charge < -0.3 is 9.88 Å². The van der Waals surface area contributed by atoms with Crippen LogP contribution in [0.2, 0.25) is 0 Å². The lowest BCUT2D eigenvalue weighted by atomic mass is 10.2. The average molecular weight is 290 g/mol. The van der Waals surface area contributed by atoms with Gasteiger partial charge in [0.15, 0.2) is 0 Å². The molecule has 1 amide bonds. The molecule has 0 bridgehead atoms. The molecule has 1 unspecified atom stereocenters. The first-order chi connectivity index (χ1) is 9.70. The molecule has 0 aromatic carbocycles. The van der Waals surface area contributed by atoms with Crippen LogP contribution in [0, 0.1) is 0 Å². The molecule has 1 N–H and O–H groups in total. The summed E-state index contributed by atoms with van der Waals surface area (Å²) in [6.45, 7) is 4.16. The Kier molecular flexibility index (Phi) is 3.83. The van der Waals surface area contributed by atoms with Crippen molar-refractivity contribution in [2.75, 3.05) is 0 Å². The van der Waals surface area contributed by atoms with Crippen LogP contribution < -0.4 is 5.32 Å². The lowest BCUT2D eigenvalue weighted by molar-refractivity contribution is 0.0928. The molecule has 1 atom stereocenters. The summed E-state index contributed by atoms with van der Waals surface area (Å²) < 4.78 is 3.52. The average Bonchev–Trinajstić information content (AvgIpc) is 3.13. The summed E-state index contributed by atoms with van der Waals surface area (Å²) in [4.78, 5) is 12.5. The summed E-state index contributed by atoms with van der Waals surface area (Å²) in [5, 5.41) is 5.22. The summed E-state index contributed by atoms with van der Waals surface area (Å²) in [7, 11) is 0. The van der Waals surface area contributed by atoms with Gasteiger partial charge in [-0.15, -0.1) is 11.3 Å². The molecule has 2 heterocycles. The van der Waals surface area contributed by atoms with E-state index in [2.05, 4.69) is 41.2 Å². The van der Waals surface area contributed by atoms with Gasteiger partial charge in [-0.3, -0.25) is 4.79 Å². The van der Waals surface area contributed by atoms with Crippen LogP contribution in [0.15, 0.2) is 17.5 Å². The lowest BCUT2D eigenvalue weighted by Crippen LogP contribution is -2.33. The minimum Gasteiger partial charge on any atom is -0.348 e. The standard InChI is InChI=1S/C16H22N2OS/c1-3-11(2)17-16(19)14-10-15-13(8-9-20-15)18(14)12-6-4-5-7-12/h8-12H,3-7H2,1-2H3,(H,17,19). The fraction of sp³-hybridized carbons (Fsp3) is 0.562. The number of aromatic nitrogens is 1. The molecule has 0 radical (unpaired) electrons. The minimum absolute atomic E-state index is 0.0784. The second-order valence-electron chi connectivity index (χ2n) is 5.79. The Balaban J connectivity index is 1.98. The molecule has 1 saturated carbocycles. The highest BCUT2D eigenvalue weighted by molar-refractivity contribution is 7.17. The van der Waals surface area contributed by atoms with Gasteiger partial charge in [-0.05, 0) is 43.7 Å². The quantitative estimate of drug-likeness (QED) is 0.892. The summed E-state index contributed by atoms with van der Waals surface area (Å²) in [6, 6.07) is 4.95. The molecule has 108 valence electrons. The molecule has 2 aromatic rings. The first kappa shape index (κ1) is 13.7. The SMILES string of the molecule is CCC(C)NC(=O)c1cc2sccc2n1C1CCCC1. The van der Waals surface area contributed by atoms with Gasteiger partial charge in [0.25, 0.3) is 5.91 Å². The Morgan fingerprint density at radius 1 is 1.50 bits per heavy atom. The molecule has 3 rings (SSSR count). The fourth-order valence-electron chi connectivity index (χ4n) is 3.08. The molecule has 1 aliphatic rings. The summed E-state index contributed by atoms with van der Waals surface area (Å²) >= 11 is 1.72. The van der Waals surface area contributed by atoms with Crippen LogP contribution in [0.3, 0.4) is 0 Å². The van der Waals surface area contributed by atoms with Crippen LogP contribution in [0.1, 0.15) is 62.5 Å². The van der Waals surface area contributed by atoms with Crippen molar-refractivity contribution >= 4 is 27.5 Å². The molecule has 20 heavy (non-hydrogen) atoms. The predicted octanol–water partition coefficient (Wildman–Crippen LogP) is 4.35. The normalized spacial score (nSPS) is 17.7. The van der Waals surface area contributed by atoms with E-state index in [0.29, 0.717) is 6.04 Å². The van der Waals surface area contributed by atoms with Crippen LogP contribution >= 0.6 is 11.3 Å². The van der Waals surface area contributed by atoms with Gasteiger partial charge in [0.2, 0.25) is 0 Å². The number of nitrogens with one attached hydrogen (secondary N) is 1. The maximum atomic E-state index is 12.5. The molecule has 4 heteroatoms. The van der Waals surface area contributed by atoms with E-state index in [1.165, 1.54) is 35.9 Å². The van der Waals surface area contributed by atoms with E-state index in [0.717, 1.165) is 12.1 Å². The molecule has 3 nitrogen and oxygen atoms in total. The zero-order valence-electron chi connectivity index (χ0n) is 12.2. The van der Waals surface area contributed by atoms with Crippen LogP contribution in [-0.2, 0) is 0 Å².